The Bertz CT molecular complexity index is 1140. The Kier molecular flexibility index (Phi) is 8.35. The van der Waals surface area contributed by atoms with Crippen LogP contribution in [0.25, 0.3) is 21.1 Å². The van der Waals surface area contributed by atoms with E-state index in [1.165, 1.54) is 23.5 Å². The van der Waals surface area contributed by atoms with E-state index in [9.17, 15) is 8.96 Å². The molecular formula is C19H22ClFN5O5PS. The third kappa shape index (κ3) is 7.41. The highest BCUT2D eigenvalue weighted by molar-refractivity contribution is 7.46. The highest BCUT2D eigenvalue weighted by Gasteiger charge is 2.19. The lowest BCUT2D eigenvalue weighted by molar-refractivity contribution is 0.164. The maximum Gasteiger partial charge on any atom is 0.469 e. The number of nitrogens with zero attached hydrogens (tertiary/aromatic N) is 3. The molecule has 0 bridgehead atoms. The van der Waals surface area contributed by atoms with Crippen molar-refractivity contribution in [2.24, 2.45) is 5.73 Å². The predicted octanol–water partition coefficient (Wildman–Crippen LogP) is 3.70. The number of nitrogens with one attached hydrogen (secondary N) is 1. The third-order valence-electron chi connectivity index (χ3n) is 4.03. The normalized spacial score (nSPS) is 12.7. The fraction of sp³-hybridized carbons (Fsp3) is 0.316. The summed E-state index contributed by atoms with van der Waals surface area (Å²) >= 11 is 7.54. The molecule has 0 saturated heterocycles. The first-order valence-corrected chi connectivity index (χ1v) is 12.4. The molecule has 2 heterocycles. The second kappa shape index (κ2) is 10.8. The molecule has 1 aromatic carbocycles. The van der Waals surface area contributed by atoms with Gasteiger partial charge in [-0.05, 0) is 32.0 Å². The second-order valence-electron chi connectivity index (χ2n) is 7.26. The molecule has 0 radical (unpaired) electrons. The van der Waals surface area contributed by atoms with Crippen molar-refractivity contribution in [1.82, 2.24) is 15.2 Å². The second-order valence-corrected chi connectivity index (χ2v) is 9.89. The standard InChI is InChI=1S/C19H22ClFN5O5PS/c1-10(2)24-17-4-3-11(7-23-17)18-25-26-19(33-18)13-5-15(21)16(6-14(13)20)30-8-12(22)9-31-32(27,28)29/h3-7,10,12H,8-9,22H2,1-2H3,(H,23,24)(H2,27,28,29)/t12-/m1/s1. The van der Waals surface area contributed by atoms with E-state index in [-0.39, 0.29) is 23.4 Å². The van der Waals surface area contributed by atoms with Crippen LogP contribution >= 0.6 is 30.8 Å². The average molecular weight is 518 g/mol. The number of phosphoric ester groups is 1. The number of benzene rings is 1. The number of hydrogen-bond acceptors (Lipinski definition) is 9. The number of rotatable bonds is 10. The number of nitrogens with two attached hydrogens (primary N) is 1. The number of hydrogen-bond donors (Lipinski definition) is 4. The van der Waals surface area contributed by atoms with Crippen LogP contribution in [0.15, 0.2) is 30.5 Å². The molecule has 0 aliphatic heterocycles. The van der Waals surface area contributed by atoms with Crippen LogP contribution in [0, 0.1) is 5.82 Å². The van der Waals surface area contributed by atoms with Crippen LogP contribution in [0.3, 0.4) is 0 Å². The Morgan fingerprint density at radius 2 is 1.97 bits per heavy atom. The van der Waals surface area contributed by atoms with Crippen LogP contribution in [0.2, 0.25) is 5.02 Å². The first-order valence-electron chi connectivity index (χ1n) is 9.66. The summed E-state index contributed by atoms with van der Waals surface area (Å²) in [6.07, 6.45) is 1.67. The maximum absolute atomic E-state index is 14.6. The molecule has 0 saturated carbocycles. The number of anilines is 1. The van der Waals surface area contributed by atoms with Crippen molar-refractivity contribution in [2.45, 2.75) is 25.9 Å². The van der Waals surface area contributed by atoms with Gasteiger partial charge < -0.3 is 25.6 Å². The van der Waals surface area contributed by atoms with E-state index in [2.05, 4.69) is 25.0 Å². The largest absolute Gasteiger partial charge is 0.489 e. The van der Waals surface area contributed by atoms with Crippen molar-refractivity contribution in [1.29, 1.82) is 0 Å². The molecule has 178 valence electrons. The van der Waals surface area contributed by atoms with Gasteiger partial charge in [-0.25, -0.2) is 13.9 Å². The SMILES string of the molecule is CC(C)Nc1ccc(-c2nnc(-c3cc(F)c(OC[C@@H](N)COP(=O)(O)O)cc3Cl)s2)cn1. The van der Waals surface area contributed by atoms with Gasteiger partial charge in [-0.1, -0.05) is 22.9 Å². The summed E-state index contributed by atoms with van der Waals surface area (Å²) in [7, 11) is -4.65. The number of ether oxygens (including phenoxy) is 1. The van der Waals surface area contributed by atoms with Gasteiger partial charge in [-0.3, -0.25) is 4.52 Å². The van der Waals surface area contributed by atoms with E-state index >= 15 is 0 Å². The minimum Gasteiger partial charge on any atom is -0.489 e. The number of halogens is 2. The van der Waals surface area contributed by atoms with Crippen molar-refractivity contribution < 1.29 is 28.0 Å². The van der Waals surface area contributed by atoms with Gasteiger partial charge in [0.15, 0.2) is 11.6 Å². The number of phosphoric acid groups is 1. The summed E-state index contributed by atoms with van der Waals surface area (Å²) in [5, 5.41) is 12.7. The zero-order chi connectivity index (χ0) is 24.2. The maximum atomic E-state index is 14.6. The molecular weight excluding hydrogens is 496 g/mol. The average Bonchev–Trinajstić information content (AvgIpc) is 3.22. The molecule has 10 nitrogen and oxygen atoms in total. The Morgan fingerprint density at radius 1 is 1.24 bits per heavy atom. The van der Waals surface area contributed by atoms with E-state index in [1.807, 2.05) is 26.0 Å². The fourth-order valence-corrected chi connectivity index (χ4v) is 4.14. The molecule has 0 aliphatic rings. The lowest BCUT2D eigenvalue weighted by Crippen LogP contribution is -2.32. The van der Waals surface area contributed by atoms with Crippen molar-refractivity contribution in [3.63, 3.8) is 0 Å². The molecule has 0 unspecified atom stereocenters. The highest BCUT2D eigenvalue weighted by atomic mass is 35.5. The van der Waals surface area contributed by atoms with Crippen molar-refractivity contribution in [2.75, 3.05) is 18.5 Å². The van der Waals surface area contributed by atoms with Gasteiger partial charge in [-0.2, -0.15) is 0 Å². The topological polar surface area (TPSA) is 153 Å². The summed E-state index contributed by atoms with van der Waals surface area (Å²) in [4.78, 5) is 21.7. The summed E-state index contributed by atoms with van der Waals surface area (Å²) in [5.74, 6) is -0.134. The molecule has 3 aromatic rings. The first-order chi connectivity index (χ1) is 15.5. The van der Waals surface area contributed by atoms with E-state index in [1.54, 1.807) is 6.20 Å². The first kappa shape index (κ1) is 25.4. The molecule has 14 heteroatoms. The van der Waals surface area contributed by atoms with E-state index in [0.29, 0.717) is 15.6 Å². The molecule has 1 atom stereocenters. The minimum atomic E-state index is -4.65. The molecule has 2 aromatic heterocycles. The minimum absolute atomic E-state index is 0.169. The Labute approximate surface area is 198 Å². The van der Waals surface area contributed by atoms with E-state index in [0.717, 1.165) is 11.4 Å². The summed E-state index contributed by atoms with van der Waals surface area (Å²) in [6.45, 7) is 3.32. The van der Waals surface area contributed by atoms with Crippen LogP contribution in [-0.2, 0) is 9.09 Å². The van der Waals surface area contributed by atoms with Crippen molar-refractivity contribution in [3.8, 4) is 26.9 Å². The predicted molar refractivity (Wildman–Crippen MR) is 124 cm³/mol. The molecule has 0 aliphatic carbocycles. The lowest BCUT2D eigenvalue weighted by atomic mass is 10.2. The Hall–Kier alpha value is -2.18. The van der Waals surface area contributed by atoms with Crippen LogP contribution in [0.5, 0.6) is 5.75 Å². The molecule has 0 spiro atoms. The van der Waals surface area contributed by atoms with Gasteiger partial charge in [0.2, 0.25) is 0 Å². The van der Waals surface area contributed by atoms with Gasteiger partial charge in [0, 0.05) is 29.4 Å². The monoisotopic (exact) mass is 517 g/mol. The molecule has 0 amide bonds. The lowest BCUT2D eigenvalue weighted by Gasteiger charge is -2.15. The van der Waals surface area contributed by atoms with Crippen LogP contribution in [0.1, 0.15) is 13.8 Å². The summed E-state index contributed by atoms with van der Waals surface area (Å²) in [6, 6.07) is 5.51. The molecule has 3 rings (SSSR count). The zero-order valence-electron chi connectivity index (χ0n) is 17.6. The number of pyridine rings is 1. The van der Waals surface area contributed by atoms with Crippen molar-refractivity contribution >= 4 is 36.6 Å². The Balaban J connectivity index is 1.70. The molecule has 33 heavy (non-hydrogen) atoms. The van der Waals surface area contributed by atoms with Crippen molar-refractivity contribution in [3.05, 3.63) is 41.3 Å². The Morgan fingerprint density at radius 3 is 2.61 bits per heavy atom. The van der Waals surface area contributed by atoms with Gasteiger partial charge in [-0.15, -0.1) is 10.2 Å². The number of aromatic nitrogens is 3. The van der Waals surface area contributed by atoms with Gasteiger partial charge in [0.25, 0.3) is 0 Å². The summed E-state index contributed by atoms with van der Waals surface area (Å²) < 4.78 is 34.9. The smallest absolute Gasteiger partial charge is 0.469 e. The van der Waals surface area contributed by atoms with E-state index in [4.69, 9.17) is 31.9 Å². The van der Waals surface area contributed by atoms with Crippen LogP contribution < -0.4 is 15.8 Å². The van der Waals surface area contributed by atoms with Gasteiger partial charge >= 0.3 is 7.82 Å². The van der Waals surface area contributed by atoms with E-state index < -0.39 is 26.3 Å². The third-order valence-corrected chi connectivity index (χ3v) is 5.84. The fourth-order valence-electron chi connectivity index (χ4n) is 2.59. The molecule has 5 N–H and O–H groups in total. The summed E-state index contributed by atoms with van der Waals surface area (Å²) in [5.41, 5.74) is 6.75. The zero-order valence-corrected chi connectivity index (χ0v) is 20.1. The quantitative estimate of drug-likeness (QED) is 0.293. The van der Waals surface area contributed by atoms with Gasteiger partial charge in [0.1, 0.15) is 22.4 Å². The van der Waals surface area contributed by atoms with Crippen LogP contribution in [-0.4, -0.2) is 50.3 Å². The highest BCUT2D eigenvalue weighted by Crippen LogP contribution is 2.37. The van der Waals surface area contributed by atoms with Gasteiger partial charge in [0.05, 0.1) is 17.7 Å². The molecule has 0 fully saturated rings. The van der Waals surface area contributed by atoms with Crippen LogP contribution in [0.4, 0.5) is 10.2 Å².